The maximum atomic E-state index is 12.6. The highest BCUT2D eigenvalue weighted by atomic mass is 32.2. The van der Waals surface area contributed by atoms with E-state index in [1.165, 1.54) is 6.20 Å². The second-order valence-corrected chi connectivity index (χ2v) is 7.07. The Balaban J connectivity index is 1.93. The SMILES string of the molecule is COC1CCCC1NS(=O)(=O)c1c[nH]c2cc(N)ccc12. The van der Waals surface area contributed by atoms with Crippen LogP contribution in [0.2, 0.25) is 0 Å². The van der Waals surface area contributed by atoms with Crippen molar-refractivity contribution in [2.24, 2.45) is 0 Å². The fraction of sp³-hybridized carbons (Fsp3) is 0.429. The van der Waals surface area contributed by atoms with Gasteiger partial charge in [0.05, 0.1) is 6.10 Å². The number of hydrogen-bond acceptors (Lipinski definition) is 4. The first-order chi connectivity index (χ1) is 10.0. The molecule has 2 atom stereocenters. The van der Waals surface area contributed by atoms with E-state index in [4.69, 9.17) is 10.5 Å². The molecule has 0 spiro atoms. The highest BCUT2D eigenvalue weighted by Gasteiger charge is 2.32. The highest BCUT2D eigenvalue weighted by Crippen LogP contribution is 2.27. The van der Waals surface area contributed by atoms with Gasteiger partial charge in [-0.15, -0.1) is 0 Å². The van der Waals surface area contributed by atoms with Crippen molar-refractivity contribution in [3.05, 3.63) is 24.4 Å². The van der Waals surface area contributed by atoms with Crippen LogP contribution in [-0.2, 0) is 14.8 Å². The largest absolute Gasteiger partial charge is 0.399 e. The van der Waals surface area contributed by atoms with Gasteiger partial charge in [0.1, 0.15) is 4.90 Å². The van der Waals surface area contributed by atoms with Crippen LogP contribution >= 0.6 is 0 Å². The summed E-state index contributed by atoms with van der Waals surface area (Å²) in [5.41, 5.74) is 7.02. The van der Waals surface area contributed by atoms with Crippen molar-refractivity contribution in [1.82, 2.24) is 9.71 Å². The number of nitrogen functional groups attached to an aromatic ring is 1. The Morgan fingerprint density at radius 3 is 2.95 bits per heavy atom. The van der Waals surface area contributed by atoms with Gasteiger partial charge in [0, 0.05) is 35.9 Å². The molecule has 7 heteroatoms. The van der Waals surface area contributed by atoms with Crippen LogP contribution < -0.4 is 10.5 Å². The van der Waals surface area contributed by atoms with Gasteiger partial charge >= 0.3 is 0 Å². The van der Waals surface area contributed by atoms with E-state index in [1.807, 2.05) is 0 Å². The van der Waals surface area contributed by atoms with E-state index >= 15 is 0 Å². The molecule has 1 aliphatic rings. The third-order valence-electron chi connectivity index (χ3n) is 4.02. The number of nitrogens with two attached hydrogens (primary N) is 1. The van der Waals surface area contributed by atoms with Crippen LogP contribution in [0.25, 0.3) is 10.9 Å². The maximum Gasteiger partial charge on any atom is 0.243 e. The molecule has 0 radical (unpaired) electrons. The van der Waals surface area contributed by atoms with E-state index in [0.29, 0.717) is 16.6 Å². The second-order valence-electron chi connectivity index (χ2n) is 5.39. The summed E-state index contributed by atoms with van der Waals surface area (Å²) in [4.78, 5) is 3.20. The molecule has 1 aliphatic carbocycles. The molecule has 0 saturated heterocycles. The summed E-state index contributed by atoms with van der Waals surface area (Å²) in [7, 11) is -1.97. The van der Waals surface area contributed by atoms with Crippen molar-refractivity contribution in [2.45, 2.75) is 36.3 Å². The van der Waals surface area contributed by atoms with Gasteiger partial charge < -0.3 is 15.5 Å². The Labute approximate surface area is 123 Å². The lowest BCUT2D eigenvalue weighted by Gasteiger charge is -2.19. The van der Waals surface area contributed by atoms with Crippen LogP contribution in [0, 0.1) is 0 Å². The van der Waals surface area contributed by atoms with Gasteiger partial charge in [0.2, 0.25) is 10.0 Å². The Hall–Kier alpha value is -1.57. The number of ether oxygens (including phenoxy) is 1. The van der Waals surface area contributed by atoms with Crippen molar-refractivity contribution >= 4 is 26.6 Å². The van der Waals surface area contributed by atoms with E-state index in [1.54, 1.807) is 25.3 Å². The lowest BCUT2D eigenvalue weighted by atomic mass is 10.2. The van der Waals surface area contributed by atoms with Crippen molar-refractivity contribution < 1.29 is 13.2 Å². The number of methoxy groups -OCH3 is 1. The molecule has 21 heavy (non-hydrogen) atoms. The molecule has 1 heterocycles. The second kappa shape index (κ2) is 5.32. The first kappa shape index (κ1) is 14.4. The summed E-state index contributed by atoms with van der Waals surface area (Å²) in [6.45, 7) is 0. The van der Waals surface area contributed by atoms with Crippen LogP contribution in [0.5, 0.6) is 0 Å². The number of rotatable bonds is 4. The van der Waals surface area contributed by atoms with E-state index in [0.717, 1.165) is 19.3 Å². The normalized spacial score (nSPS) is 22.9. The van der Waals surface area contributed by atoms with E-state index in [-0.39, 0.29) is 17.0 Å². The van der Waals surface area contributed by atoms with E-state index in [9.17, 15) is 8.42 Å². The van der Waals surface area contributed by atoms with Crippen molar-refractivity contribution in [3.8, 4) is 0 Å². The molecule has 3 rings (SSSR count). The zero-order valence-electron chi connectivity index (χ0n) is 11.8. The molecule has 1 saturated carbocycles. The van der Waals surface area contributed by atoms with Gasteiger partial charge in [-0.3, -0.25) is 0 Å². The molecule has 1 fully saturated rings. The summed E-state index contributed by atoms with van der Waals surface area (Å²) >= 11 is 0. The van der Waals surface area contributed by atoms with Gasteiger partial charge in [-0.1, -0.05) is 0 Å². The number of anilines is 1. The minimum atomic E-state index is -3.58. The predicted octanol–water partition coefficient (Wildman–Crippen LogP) is 1.60. The number of aromatic nitrogens is 1. The average Bonchev–Trinajstić information content (AvgIpc) is 3.04. The zero-order valence-corrected chi connectivity index (χ0v) is 12.6. The number of benzene rings is 1. The molecular formula is C14H19N3O3S. The number of H-pyrrole nitrogens is 1. The molecule has 0 bridgehead atoms. The molecule has 2 unspecified atom stereocenters. The topological polar surface area (TPSA) is 97.2 Å². The van der Waals surface area contributed by atoms with Crippen LogP contribution in [0.1, 0.15) is 19.3 Å². The van der Waals surface area contributed by atoms with Crippen LogP contribution in [0.4, 0.5) is 5.69 Å². The molecule has 6 nitrogen and oxygen atoms in total. The van der Waals surface area contributed by atoms with E-state index < -0.39 is 10.0 Å². The Morgan fingerprint density at radius 2 is 2.19 bits per heavy atom. The average molecular weight is 309 g/mol. The molecule has 4 N–H and O–H groups in total. The molecule has 1 aromatic heterocycles. The van der Waals surface area contributed by atoms with Crippen molar-refractivity contribution in [3.63, 3.8) is 0 Å². The Morgan fingerprint density at radius 1 is 1.38 bits per heavy atom. The summed E-state index contributed by atoms with van der Waals surface area (Å²) in [5, 5.41) is 0.642. The number of nitrogens with one attached hydrogen (secondary N) is 2. The Kier molecular flexibility index (Phi) is 3.64. The minimum Gasteiger partial charge on any atom is -0.399 e. The maximum absolute atomic E-state index is 12.6. The van der Waals surface area contributed by atoms with Gasteiger partial charge in [-0.2, -0.15) is 0 Å². The number of fused-ring (bicyclic) bond motifs is 1. The monoisotopic (exact) mass is 309 g/mol. The minimum absolute atomic E-state index is 0.0550. The molecule has 0 aliphatic heterocycles. The summed E-state index contributed by atoms with van der Waals surface area (Å²) in [5.74, 6) is 0. The number of hydrogen-bond donors (Lipinski definition) is 3. The van der Waals surface area contributed by atoms with Gasteiger partial charge in [0.25, 0.3) is 0 Å². The molecular weight excluding hydrogens is 290 g/mol. The molecule has 114 valence electrons. The van der Waals surface area contributed by atoms with Crippen molar-refractivity contribution in [2.75, 3.05) is 12.8 Å². The van der Waals surface area contributed by atoms with E-state index in [2.05, 4.69) is 9.71 Å². The van der Waals surface area contributed by atoms with Crippen LogP contribution in [0.15, 0.2) is 29.3 Å². The quantitative estimate of drug-likeness (QED) is 0.747. The first-order valence-corrected chi connectivity index (χ1v) is 8.41. The lowest BCUT2D eigenvalue weighted by Crippen LogP contribution is -2.40. The van der Waals surface area contributed by atoms with Crippen molar-refractivity contribution in [1.29, 1.82) is 0 Å². The summed E-state index contributed by atoms with van der Waals surface area (Å²) in [6.07, 6.45) is 4.10. The number of sulfonamides is 1. The smallest absolute Gasteiger partial charge is 0.243 e. The summed E-state index contributed by atoms with van der Waals surface area (Å²) in [6, 6.07) is 4.97. The molecule has 1 aromatic carbocycles. The lowest BCUT2D eigenvalue weighted by molar-refractivity contribution is 0.0916. The third kappa shape index (κ3) is 2.64. The summed E-state index contributed by atoms with van der Waals surface area (Å²) < 4.78 is 33.3. The van der Waals surface area contributed by atoms with Crippen LogP contribution in [0.3, 0.4) is 0 Å². The van der Waals surface area contributed by atoms with Crippen LogP contribution in [-0.4, -0.2) is 32.7 Å². The number of aromatic amines is 1. The molecule has 2 aromatic rings. The standard InChI is InChI=1S/C14H19N3O3S/c1-20-13-4-2-3-11(13)17-21(18,19)14-8-16-12-7-9(15)5-6-10(12)14/h5-8,11,13,16-17H,2-4,15H2,1H3. The fourth-order valence-corrected chi connectivity index (χ4v) is 4.42. The highest BCUT2D eigenvalue weighted by molar-refractivity contribution is 7.89. The van der Waals surface area contributed by atoms with Gasteiger partial charge in [0.15, 0.2) is 0 Å². The predicted molar refractivity (Wildman–Crippen MR) is 81.5 cm³/mol. The Bertz CT molecular complexity index is 754. The van der Waals surface area contributed by atoms with Gasteiger partial charge in [-0.25, -0.2) is 13.1 Å². The zero-order chi connectivity index (χ0) is 15.0. The third-order valence-corrected chi connectivity index (χ3v) is 5.55. The first-order valence-electron chi connectivity index (χ1n) is 6.93. The molecule has 0 amide bonds. The fourth-order valence-electron chi connectivity index (χ4n) is 2.95. The van der Waals surface area contributed by atoms with Gasteiger partial charge in [-0.05, 0) is 37.5 Å².